The molecule has 2 aromatic rings. The van der Waals surface area contributed by atoms with Gasteiger partial charge in [0.25, 0.3) is 0 Å². The number of halogens is 2. The molecule has 0 radical (unpaired) electrons. The van der Waals surface area contributed by atoms with Crippen LogP contribution in [0.5, 0.6) is 0 Å². The lowest BCUT2D eigenvalue weighted by molar-refractivity contribution is 0.304. The van der Waals surface area contributed by atoms with Gasteiger partial charge in [-0.05, 0) is 47.4 Å². The standard InChI is InChI=1S/C20H28N2S.2ClH/c1-20(2,3)19-16(11-13-23-19)14-22-17-10-7-12-21-18(17)15-8-5-4-6-9-15;;/h4-6,8-9,11,13,17-18,21-22H,7,10,12,14H2,1-3H3;2*1H/t17-,18-;;/m0../s1. The lowest BCUT2D eigenvalue weighted by Crippen LogP contribution is -2.45. The van der Waals surface area contributed by atoms with Gasteiger partial charge in [0.2, 0.25) is 0 Å². The number of hydrogen-bond donors (Lipinski definition) is 2. The third-order valence-electron chi connectivity index (χ3n) is 4.60. The molecule has 2 heterocycles. The SMILES string of the molecule is CC(C)(C)c1sccc1CN[C@H]1CCCN[C@H]1c1ccccc1.Cl.Cl. The summed E-state index contributed by atoms with van der Waals surface area (Å²) >= 11 is 1.88. The van der Waals surface area contributed by atoms with E-state index in [2.05, 4.69) is 73.2 Å². The third kappa shape index (κ3) is 5.70. The Balaban J connectivity index is 0.00000156. The lowest BCUT2D eigenvalue weighted by atomic mass is 9.90. The summed E-state index contributed by atoms with van der Waals surface area (Å²) in [5, 5.41) is 9.76. The van der Waals surface area contributed by atoms with Gasteiger partial charge in [-0.3, -0.25) is 0 Å². The molecule has 1 aliphatic rings. The van der Waals surface area contributed by atoms with Crippen LogP contribution in [0.2, 0.25) is 0 Å². The van der Waals surface area contributed by atoms with Crippen molar-refractivity contribution < 1.29 is 0 Å². The second kappa shape index (κ2) is 9.94. The molecule has 0 unspecified atom stereocenters. The van der Waals surface area contributed by atoms with Crippen LogP contribution in [-0.2, 0) is 12.0 Å². The van der Waals surface area contributed by atoms with Crippen LogP contribution in [0.3, 0.4) is 0 Å². The molecule has 5 heteroatoms. The van der Waals surface area contributed by atoms with Gasteiger partial charge < -0.3 is 10.6 Å². The first-order valence-electron chi connectivity index (χ1n) is 8.64. The van der Waals surface area contributed by atoms with Crippen molar-refractivity contribution in [1.29, 1.82) is 0 Å². The molecule has 0 amide bonds. The zero-order chi connectivity index (χ0) is 16.3. The molecule has 2 N–H and O–H groups in total. The molecule has 140 valence electrons. The predicted octanol–water partition coefficient (Wildman–Crippen LogP) is 5.47. The summed E-state index contributed by atoms with van der Waals surface area (Å²) in [6.07, 6.45) is 2.48. The highest BCUT2D eigenvalue weighted by molar-refractivity contribution is 7.10. The van der Waals surface area contributed by atoms with E-state index >= 15 is 0 Å². The zero-order valence-corrected chi connectivity index (χ0v) is 17.7. The monoisotopic (exact) mass is 400 g/mol. The number of benzene rings is 1. The number of piperidine rings is 1. The fraction of sp³-hybridized carbons (Fsp3) is 0.500. The Bertz CT molecular complexity index is 622. The highest BCUT2D eigenvalue weighted by atomic mass is 35.5. The van der Waals surface area contributed by atoms with Crippen molar-refractivity contribution >= 4 is 36.2 Å². The third-order valence-corrected chi connectivity index (χ3v) is 5.98. The quantitative estimate of drug-likeness (QED) is 0.710. The van der Waals surface area contributed by atoms with Gasteiger partial charge in [-0.15, -0.1) is 36.2 Å². The van der Waals surface area contributed by atoms with Crippen LogP contribution in [0.1, 0.15) is 55.7 Å². The molecule has 1 aliphatic heterocycles. The van der Waals surface area contributed by atoms with E-state index in [1.807, 2.05) is 11.3 Å². The van der Waals surface area contributed by atoms with Crippen molar-refractivity contribution in [2.45, 2.75) is 57.7 Å². The van der Waals surface area contributed by atoms with E-state index in [0.29, 0.717) is 12.1 Å². The molecule has 1 aromatic heterocycles. The molecule has 1 saturated heterocycles. The number of hydrogen-bond acceptors (Lipinski definition) is 3. The summed E-state index contributed by atoms with van der Waals surface area (Å²) < 4.78 is 0. The van der Waals surface area contributed by atoms with Crippen molar-refractivity contribution in [1.82, 2.24) is 10.6 Å². The van der Waals surface area contributed by atoms with Crippen molar-refractivity contribution in [2.75, 3.05) is 6.54 Å². The van der Waals surface area contributed by atoms with Crippen LogP contribution >= 0.6 is 36.2 Å². The van der Waals surface area contributed by atoms with Crippen LogP contribution in [-0.4, -0.2) is 12.6 Å². The summed E-state index contributed by atoms with van der Waals surface area (Å²) in [5.41, 5.74) is 3.08. The van der Waals surface area contributed by atoms with E-state index in [0.717, 1.165) is 13.1 Å². The predicted molar refractivity (Wildman–Crippen MR) is 115 cm³/mol. The van der Waals surface area contributed by atoms with Crippen molar-refractivity contribution in [3.63, 3.8) is 0 Å². The van der Waals surface area contributed by atoms with Crippen LogP contribution < -0.4 is 10.6 Å². The largest absolute Gasteiger partial charge is 0.309 e. The molecule has 0 bridgehead atoms. The minimum absolute atomic E-state index is 0. The molecule has 2 nitrogen and oxygen atoms in total. The first kappa shape index (κ1) is 22.5. The first-order valence-corrected chi connectivity index (χ1v) is 9.52. The van der Waals surface area contributed by atoms with Gasteiger partial charge in [0, 0.05) is 23.5 Å². The van der Waals surface area contributed by atoms with Crippen molar-refractivity contribution in [3.05, 3.63) is 57.8 Å². The summed E-state index contributed by atoms with van der Waals surface area (Å²) in [5.74, 6) is 0. The van der Waals surface area contributed by atoms with Crippen molar-refractivity contribution in [2.24, 2.45) is 0 Å². The Labute approximate surface area is 168 Å². The van der Waals surface area contributed by atoms with Gasteiger partial charge in [-0.1, -0.05) is 51.1 Å². The zero-order valence-electron chi connectivity index (χ0n) is 15.2. The molecule has 3 rings (SSSR count). The molecule has 1 aromatic carbocycles. The minimum Gasteiger partial charge on any atom is -0.309 e. The maximum atomic E-state index is 3.83. The average molecular weight is 401 g/mol. The summed E-state index contributed by atoms with van der Waals surface area (Å²) in [6, 6.07) is 14.0. The molecule has 0 aliphatic carbocycles. The number of thiophene rings is 1. The lowest BCUT2D eigenvalue weighted by Gasteiger charge is -2.34. The second-order valence-electron chi connectivity index (χ2n) is 7.50. The minimum atomic E-state index is 0. The highest BCUT2D eigenvalue weighted by Gasteiger charge is 2.26. The molecule has 1 fully saturated rings. The fourth-order valence-corrected chi connectivity index (χ4v) is 4.51. The summed E-state index contributed by atoms with van der Waals surface area (Å²) in [6.45, 7) is 8.99. The van der Waals surface area contributed by atoms with E-state index in [9.17, 15) is 0 Å². The fourth-order valence-electron chi connectivity index (χ4n) is 3.49. The first-order chi connectivity index (χ1) is 11.1. The topological polar surface area (TPSA) is 24.1 Å². The normalized spacial score (nSPS) is 20.4. The maximum Gasteiger partial charge on any atom is 0.0476 e. The molecule has 0 spiro atoms. The van der Waals surface area contributed by atoms with Crippen molar-refractivity contribution in [3.8, 4) is 0 Å². The van der Waals surface area contributed by atoms with E-state index in [1.54, 1.807) is 0 Å². The Kier molecular flexibility index (Phi) is 8.93. The van der Waals surface area contributed by atoms with Gasteiger partial charge in [-0.2, -0.15) is 0 Å². The Hall–Kier alpha value is -0.580. The Morgan fingerprint density at radius 1 is 1.12 bits per heavy atom. The van der Waals surface area contributed by atoms with E-state index in [4.69, 9.17) is 0 Å². The molecular weight excluding hydrogens is 371 g/mol. The van der Waals surface area contributed by atoms with E-state index in [-0.39, 0.29) is 30.2 Å². The van der Waals surface area contributed by atoms with Gasteiger partial charge in [-0.25, -0.2) is 0 Å². The molecule has 2 atom stereocenters. The van der Waals surface area contributed by atoms with Gasteiger partial charge in [0.1, 0.15) is 0 Å². The second-order valence-corrected chi connectivity index (χ2v) is 8.41. The van der Waals surface area contributed by atoms with Gasteiger partial charge in [0.15, 0.2) is 0 Å². The summed E-state index contributed by atoms with van der Waals surface area (Å²) in [4.78, 5) is 1.50. The average Bonchev–Trinajstić information content (AvgIpc) is 3.03. The smallest absolute Gasteiger partial charge is 0.0476 e. The van der Waals surface area contributed by atoms with Gasteiger partial charge >= 0.3 is 0 Å². The van der Waals surface area contributed by atoms with Crippen LogP contribution in [0, 0.1) is 0 Å². The Morgan fingerprint density at radius 3 is 2.52 bits per heavy atom. The Morgan fingerprint density at radius 2 is 1.84 bits per heavy atom. The van der Waals surface area contributed by atoms with E-state index < -0.39 is 0 Å². The van der Waals surface area contributed by atoms with Gasteiger partial charge in [0.05, 0.1) is 0 Å². The summed E-state index contributed by atoms with van der Waals surface area (Å²) in [7, 11) is 0. The van der Waals surface area contributed by atoms with Crippen LogP contribution in [0.4, 0.5) is 0 Å². The molecule has 0 saturated carbocycles. The van der Waals surface area contributed by atoms with Crippen LogP contribution in [0.25, 0.3) is 0 Å². The molecule has 25 heavy (non-hydrogen) atoms. The highest BCUT2D eigenvalue weighted by Crippen LogP contribution is 2.31. The number of nitrogens with one attached hydrogen (secondary N) is 2. The molecular formula is C20H30Cl2N2S. The van der Waals surface area contributed by atoms with E-state index in [1.165, 1.54) is 28.8 Å². The maximum absolute atomic E-state index is 3.83. The van der Waals surface area contributed by atoms with Crippen LogP contribution in [0.15, 0.2) is 41.8 Å². The number of rotatable bonds is 4.